The number of carbonyl (C=O) groups is 2. The van der Waals surface area contributed by atoms with Crippen LogP contribution < -0.4 is 40.2 Å². The van der Waals surface area contributed by atoms with E-state index in [1.54, 1.807) is 12.1 Å². The van der Waals surface area contributed by atoms with Crippen LogP contribution in [0.5, 0.6) is 5.75 Å². The molecule has 0 fully saturated rings. The third-order valence-corrected chi connectivity index (χ3v) is 4.94. The molecule has 3 aromatic carbocycles. The van der Waals surface area contributed by atoms with Crippen molar-refractivity contribution in [3.63, 3.8) is 0 Å². The van der Waals surface area contributed by atoms with Gasteiger partial charge in [0.05, 0.1) is 10.6 Å². The molecule has 0 heterocycles. The average Bonchev–Trinajstić information content (AvgIpc) is 2.66. The Hall–Kier alpha value is -2.83. The summed E-state index contributed by atoms with van der Waals surface area (Å²) in [6.07, 6.45) is 0. The number of phenolic OH excluding ortho intramolecular Hbond substituents is 1. The van der Waals surface area contributed by atoms with Gasteiger partial charge in [-0.15, -0.1) is 5.11 Å². The average molecular weight is 464 g/mol. The van der Waals surface area contributed by atoms with Crippen molar-refractivity contribution >= 4 is 55.5 Å². The first kappa shape index (κ1) is 25.4. The summed E-state index contributed by atoms with van der Waals surface area (Å²) >= 11 is 0. The van der Waals surface area contributed by atoms with Gasteiger partial charge in [0.1, 0.15) is 15.8 Å². The molecule has 0 aliphatic heterocycles. The number of azo groups is 1. The Morgan fingerprint density at radius 2 is 1.47 bits per heavy atom. The largest absolute Gasteiger partial charge is 1.00 e. The van der Waals surface area contributed by atoms with E-state index < -0.39 is 26.5 Å². The number of benzene rings is 3. The molecule has 0 atom stereocenters. The molecule has 3 aromatic rings. The van der Waals surface area contributed by atoms with Crippen molar-refractivity contribution in [2.45, 2.75) is 18.7 Å². The molecule has 0 aliphatic rings. The number of amides is 2. The quantitative estimate of drug-likeness (QED) is 0.287. The minimum absolute atomic E-state index is 0. The Balaban J connectivity index is 0.00000363. The fraction of sp³-hybridized carbons (Fsp3) is 0.100. The minimum Gasteiger partial charge on any atom is -0.744 e. The molecule has 2 amide bonds. The first-order valence-corrected chi connectivity index (χ1v) is 10.3. The molecule has 0 saturated carbocycles. The van der Waals surface area contributed by atoms with Gasteiger partial charge in [-0.05, 0) is 53.9 Å². The van der Waals surface area contributed by atoms with Crippen molar-refractivity contribution in [2.75, 3.05) is 10.6 Å². The van der Waals surface area contributed by atoms with Crippen molar-refractivity contribution in [2.24, 2.45) is 10.2 Å². The van der Waals surface area contributed by atoms with Crippen LogP contribution in [-0.2, 0) is 19.7 Å². The Labute approximate surface area is 205 Å². The summed E-state index contributed by atoms with van der Waals surface area (Å²) in [5.74, 6) is -1.13. The zero-order chi connectivity index (χ0) is 22.8. The number of phenols is 1. The molecular weight excluding hydrogens is 447 g/mol. The number of hydrogen-bond acceptors (Lipinski definition) is 8. The van der Waals surface area contributed by atoms with Crippen LogP contribution in [0.1, 0.15) is 13.8 Å². The third-order valence-electron chi connectivity index (χ3n) is 4.09. The normalized spacial score (nSPS) is 11.2. The summed E-state index contributed by atoms with van der Waals surface area (Å²) in [5.41, 5.74) is 0.685. The van der Waals surface area contributed by atoms with E-state index in [0.717, 1.165) is 6.07 Å². The second-order valence-electron chi connectivity index (χ2n) is 6.57. The summed E-state index contributed by atoms with van der Waals surface area (Å²) in [4.78, 5) is 21.6. The van der Waals surface area contributed by atoms with Gasteiger partial charge in [-0.1, -0.05) is 0 Å². The Morgan fingerprint density at radius 3 is 2.03 bits per heavy atom. The fourth-order valence-corrected chi connectivity index (χ4v) is 3.49. The van der Waals surface area contributed by atoms with E-state index in [1.165, 1.54) is 44.2 Å². The number of carbonyl (C=O) groups excluding carboxylic acids is 2. The van der Waals surface area contributed by atoms with E-state index in [9.17, 15) is 27.7 Å². The molecule has 3 rings (SSSR count). The molecular formula is C20H17N4NaO6S. The predicted molar refractivity (Wildman–Crippen MR) is 113 cm³/mol. The second kappa shape index (κ2) is 10.2. The number of aromatic hydroxyl groups is 1. The van der Waals surface area contributed by atoms with Crippen LogP contribution in [0.15, 0.2) is 63.7 Å². The Morgan fingerprint density at radius 1 is 0.906 bits per heavy atom. The number of rotatable bonds is 5. The van der Waals surface area contributed by atoms with Gasteiger partial charge in [0.15, 0.2) is 5.75 Å². The topological polar surface area (TPSA) is 160 Å². The van der Waals surface area contributed by atoms with E-state index in [-0.39, 0.29) is 52.1 Å². The van der Waals surface area contributed by atoms with E-state index in [2.05, 4.69) is 20.9 Å². The SMILES string of the molecule is CC(=O)Nc1ccc(N=Nc2c(S(=O)(=O)[O-])cc3cc(NC(C)=O)ccc3c2O)cc1.[Na+]. The first-order chi connectivity index (χ1) is 14.5. The molecule has 0 bridgehead atoms. The van der Waals surface area contributed by atoms with Gasteiger partial charge in [-0.3, -0.25) is 9.59 Å². The maximum atomic E-state index is 11.8. The molecule has 0 aliphatic carbocycles. The fourth-order valence-electron chi connectivity index (χ4n) is 2.84. The number of nitrogens with zero attached hydrogens (tertiary/aromatic N) is 2. The number of hydrogen-bond donors (Lipinski definition) is 3. The van der Waals surface area contributed by atoms with Crippen LogP contribution in [0.4, 0.5) is 22.7 Å². The van der Waals surface area contributed by atoms with Gasteiger partial charge < -0.3 is 20.3 Å². The van der Waals surface area contributed by atoms with Crippen LogP contribution in [0.2, 0.25) is 0 Å². The van der Waals surface area contributed by atoms with E-state index in [1.807, 2.05) is 0 Å². The van der Waals surface area contributed by atoms with Crippen LogP contribution in [0, 0.1) is 0 Å². The zero-order valence-corrected chi connectivity index (χ0v) is 20.2. The van der Waals surface area contributed by atoms with Gasteiger partial charge in [0, 0.05) is 30.6 Å². The predicted octanol–water partition coefficient (Wildman–Crippen LogP) is 0.786. The van der Waals surface area contributed by atoms with Crippen molar-refractivity contribution in [3.8, 4) is 5.75 Å². The van der Waals surface area contributed by atoms with Gasteiger partial charge in [0.2, 0.25) is 11.8 Å². The number of fused-ring (bicyclic) bond motifs is 1. The van der Waals surface area contributed by atoms with Crippen molar-refractivity contribution in [1.29, 1.82) is 0 Å². The zero-order valence-electron chi connectivity index (χ0n) is 17.4. The molecule has 32 heavy (non-hydrogen) atoms. The molecule has 3 N–H and O–H groups in total. The van der Waals surface area contributed by atoms with E-state index >= 15 is 0 Å². The molecule has 0 saturated heterocycles. The summed E-state index contributed by atoms with van der Waals surface area (Å²) < 4.78 is 35.4. The van der Waals surface area contributed by atoms with Crippen LogP contribution >= 0.6 is 0 Å². The monoisotopic (exact) mass is 464 g/mol. The second-order valence-corrected chi connectivity index (χ2v) is 7.92. The molecule has 0 aromatic heterocycles. The molecule has 10 nitrogen and oxygen atoms in total. The first-order valence-electron chi connectivity index (χ1n) is 8.87. The molecule has 0 radical (unpaired) electrons. The van der Waals surface area contributed by atoms with Crippen molar-refractivity contribution in [1.82, 2.24) is 0 Å². The number of anilines is 2. The van der Waals surface area contributed by atoms with Crippen molar-refractivity contribution in [3.05, 3.63) is 48.5 Å². The molecule has 12 heteroatoms. The smallest absolute Gasteiger partial charge is 0.744 e. The maximum absolute atomic E-state index is 11.8. The van der Waals surface area contributed by atoms with Gasteiger partial charge in [-0.25, -0.2) is 8.42 Å². The summed E-state index contributed by atoms with van der Waals surface area (Å²) in [7, 11) is -5.01. The maximum Gasteiger partial charge on any atom is 1.00 e. The van der Waals surface area contributed by atoms with Gasteiger partial charge in [0.25, 0.3) is 0 Å². The third kappa shape index (κ3) is 6.11. The Kier molecular flexibility index (Phi) is 8.10. The van der Waals surface area contributed by atoms with Crippen LogP contribution in [-0.4, -0.2) is 29.9 Å². The Bertz CT molecular complexity index is 1320. The minimum atomic E-state index is -5.01. The van der Waals surface area contributed by atoms with E-state index in [0.29, 0.717) is 17.1 Å². The van der Waals surface area contributed by atoms with E-state index in [4.69, 9.17) is 0 Å². The van der Waals surface area contributed by atoms with Gasteiger partial charge in [-0.2, -0.15) is 5.11 Å². The van der Waals surface area contributed by atoms with Crippen LogP contribution in [0.25, 0.3) is 10.8 Å². The van der Waals surface area contributed by atoms with Crippen LogP contribution in [0.3, 0.4) is 0 Å². The van der Waals surface area contributed by atoms with Gasteiger partial charge >= 0.3 is 29.6 Å². The summed E-state index contributed by atoms with van der Waals surface area (Å²) in [6.45, 7) is 2.67. The standard InChI is InChI=1S/C20H18N4O6S.Na/c1-11(25)21-14-3-5-15(6-4-14)23-24-19-18(31(28,29)30)10-13-9-16(22-12(2)26)7-8-17(13)20(19)27;/h3-10,27H,1-2H3,(H,21,25)(H,22,26)(H,28,29,30);/q;+1/p-1. The number of nitrogens with one attached hydrogen (secondary N) is 2. The molecule has 0 unspecified atom stereocenters. The molecule has 160 valence electrons. The molecule has 0 spiro atoms. The summed E-state index contributed by atoms with van der Waals surface area (Å²) in [5, 5.41) is 23.8. The summed E-state index contributed by atoms with van der Waals surface area (Å²) in [6, 6.07) is 11.6. The van der Waals surface area contributed by atoms with Crippen molar-refractivity contribution < 1.29 is 57.2 Å².